The Morgan fingerprint density at radius 2 is 2.20 bits per heavy atom. The van der Waals surface area contributed by atoms with Crippen molar-refractivity contribution in [2.24, 2.45) is 0 Å². The smallest absolute Gasteiger partial charge is 0.236 e. The number of nitrogens with zero attached hydrogens (tertiary/aromatic N) is 2. The molecule has 1 aliphatic rings. The molecule has 0 saturated carbocycles. The first-order valence-corrected chi connectivity index (χ1v) is 8.72. The van der Waals surface area contributed by atoms with Crippen LogP contribution < -0.4 is 5.32 Å². The Hall–Kier alpha value is -0.630. The molecule has 110 valence electrons. The summed E-state index contributed by atoms with van der Waals surface area (Å²) in [7, 11) is -3.34. The highest BCUT2D eigenvalue weighted by Crippen LogP contribution is 2.31. The molecule has 1 saturated heterocycles. The van der Waals surface area contributed by atoms with E-state index in [0.29, 0.717) is 10.1 Å². The van der Waals surface area contributed by atoms with E-state index in [0.717, 1.165) is 30.5 Å². The van der Waals surface area contributed by atoms with Crippen LogP contribution in [0.3, 0.4) is 0 Å². The Morgan fingerprint density at radius 3 is 2.80 bits per heavy atom. The minimum Gasteiger partial charge on any atom is -0.309 e. The molecule has 1 N–H and O–H groups in total. The van der Waals surface area contributed by atoms with Gasteiger partial charge in [0.15, 0.2) is 0 Å². The van der Waals surface area contributed by atoms with Crippen molar-refractivity contribution in [2.45, 2.75) is 18.9 Å². The third kappa shape index (κ3) is 2.72. The molecule has 3 rings (SSSR count). The molecule has 0 aliphatic carbocycles. The molecule has 1 fully saturated rings. The molecule has 1 aliphatic heterocycles. The predicted molar refractivity (Wildman–Crippen MR) is 84.9 cm³/mol. The maximum atomic E-state index is 12.1. The average Bonchev–Trinajstić information content (AvgIpc) is 2.92. The summed E-state index contributed by atoms with van der Waals surface area (Å²) in [6.07, 6.45) is 4.96. The van der Waals surface area contributed by atoms with E-state index in [1.807, 2.05) is 6.07 Å². The Labute approximate surface area is 132 Å². The van der Waals surface area contributed by atoms with Crippen molar-refractivity contribution in [3.05, 3.63) is 28.6 Å². The quantitative estimate of drug-likeness (QED) is 0.813. The van der Waals surface area contributed by atoms with Gasteiger partial charge in [-0.05, 0) is 47.4 Å². The predicted octanol–water partition coefficient (Wildman–Crippen LogP) is 2.45. The van der Waals surface area contributed by atoms with Crippen molar-refractivity contribution in [1.29, 1.82) is 0 Å². The van der Waals surface area contributed by atoms with Gasteiger partial charge in [0, 0.05) is 17.6 Å². The van der Waals surface area contributed by atoms with E-state index < -0.39 is 10.0 Å². The maximum Gasteiger partial charge on any atom is 0.236 e. The fourth-order valence-electron chi connectivity index (χ4n) is 2.62. The van der Waals surface area contributed by atoms with Crippen LogP contribution in [0.15, 0.2) is 22.9 Å². The van der Waals surface area contributed by atoms with Crippen molar-refractivity contribution in [2.75, 3.05) is 12.8 Å². The molecule has 0 spiro atoms. The SMILES string of the molecule is CS(=O)(=O)n1c([C@H]2CCCN2)cc2cnc(Br)cc21.Cl. The second kappa shape index (κ2) is 5.63. The zero-order valence-corrected chi connectivity index (χ0v) is 14.1. The van der Waals surface area contributed by atoms with Crippen molar-refractivity contribution < 1.29 is 8.42 Å². The molecule has 3 heterocycles. The van der Waals surface area contributed by atoms with Crippen LogP contribution in [0.1, 0.15) is 24.6 Å². The van der Waals surface area contributed by atoms with Gasteiger partial charge in [0.25, 0.3) is 0 Å². The molecule has 0 unspecified atom stereocenters. The molecule has 0 aromatic carbocycles. The Bertz CT molecular complexity index is 738. The van der Waals surface area contributed by atoms with Gasteiger partial charge < -0.3 is 5.32 Å². The topological polar surface area (TPSA) is 64.0 Å². The number of rotatable bonds is 2. The third-order valence-electron chi connectivity index (χ3n) is 3.38. The molecule has 1 atom stereocenters. The molecule has 0 amide bonds. The second-order valence-corrected chi connectivity index (χ2v) is 7.46. The molecule has 0 bridgehead atoms. The second-order valence-electron chi connectivity index (χ2n) is 4.81. The number of aromatic nitrogens is 2. The highest BCUT2D eigenvalue weighted by Gasteiger charge is 2.25. The van der Waals surface area contributed by atoms with E-state index in [2.05, 4.69) is 26.2 Å². The van der Waals surface area contributed by atoms with E-state index in [4.69, 9.17) is 0 Å². The van der Waals surface area contributed by atoms with Crippen LogP contribution in [0, 0.1) is 0 Å². The van der Waals surface area contributed by atoms with Gasteiger partial charge in [-0.25, -0.2) is 17.4 Å². The van der Waals surface area contributed by atoms with Crippen molar-refractivity contribution in [3.63, 3.8) is 0 Å². The monoisotopic (exact) mass is 379 g/mol. The van der Waals surface area contributed by atoms with Gasteiger partial charge in [-0.1, -0.05) is 0 Å². The summed E-state index contributed by atoms with van der Waals surface area (Å²) in [5.41, 5.74) is 1.47. The van der Waals surface area contributed by atoms with E-state index in [9.17, 15) is 8.42 Å². The molecule has 0 radical (unpaired) electrons. The first kappa shape index (κ1) is 15.8. The first-order chi connectivity index (χ1) is 8.97. The fourth-order valence-corrected chi connectivity index (χ4v) is 4.02. The number of fused-ring (bicyclic) bond motifs is 1. The van der Waals surface area contributed by atoms with E-state index in [1.165, 1.54) is 10.2 Å². The Kier molecular flexibility index (Phi) is 4.44. The van der Waals surface area contributed by atoms with Crippen molar-refractivity contribution >= 4 is 49.3 Å². The lowest BCUT2D eigenvalue weighted by atomic mass is 10.1. The largest absolute Gasteiger partial charge is 0.309 e. The van der Waals surface area contributed by atoms with Crippen molar-refractivity contribution in [3.8, 4) is 0 Å². The summed E-state index contributed by atoms with van der Waals surface area (Å²) in [5.74, 6) is 0. The average molecular weight is 381 g/mol. The van der Waals surface area contributed by atoms with Gasteiger partial charge in [-0.3, -0.25) is 0 Å². The van der Waals surface area contributed by atoms with Crippen LogP contribution in [0.25, 0.3) is 10.9 Å². The molecule has 2 aromatic rings. The van der Waals surface area contributed by atoms with E-state index >= 15 is 0 Å². The zero-order chi connectivity index (χ0) is 13.6. The standard InChI is InChI=1S/C12H14BrN3O2S.ClH/c1-19(17,18)16-10-6-12(13)15-7-8(10)5-11(16)9-3-2-4-14-9;/h5-7,9,14H,2-4H2,1H3;1H/t9-;/m1./s1. The summed E-state index contributed by atoms with van der Waals surface area (Å²) in [5, 5.41) is 4.19. The maximum absolute atomic E-state index is 12.1. The van der Waals surface area contributed by atoms with Crippen LogP contribution in [-0.2, 0) is 10.0 Å². The van der Waals surface area contributed by atoms with E-state index in [-0.39, 0.29) is 18.4 Å². The van der Waals surface area contributed by atoms with Crippen LogP contribution >= 0.6 is 28.3 Å². The third-order valence-corrected chi connectivity index (χ3v) is 4.89. The lowest BCUT2D eigenvalue weighted by Crippen LogP contribution is -2.20. The summed E-state index contributed by atoms with van der Waals surface area (Å²) < 4.78 is 26.3. The van der Waals surface area contributed by atoms with Crippen LogP contribution in [0.4, 0.5) is 0 Å². The summed E-state index contributed by atoms with van der Waals surface area (Å²) in [6.45, 7) is 0.928. The molecule has 2 aromatic heterocycles. The summed E-state index contributed by atoms with van der Waals surface area (Å²) in [6, 6.07) is 3.76. The number of hydrogen-bond donors (Lipinski definition) is 1. The lowest BCUT2D eigenvalue weighted by Gasteiger charge is -2.14. The lowest BCUT2D eigenvalue weighted by molar-refractivity contribution is 0.579. The van der Waals surface area contributed by atoms with Gasteiger partial charge in [-0.15, -0.1) is 12.4 Å². The van der Waals surface area contributed by atoms with Crippen LogP contribution in [0.2, 0.25) is 0 Å². The minimum absolute atomic E-state index is 0. The number of halogens is 2. The van der Waals surface area contributed by atoms with Crippen LogP contribution in [0.5, 0.6) is 0 Å². The number of hydrogen-bond acceptors (Lipinski definition) is 4. The van der Waals surface area contributed by atoms with Gasteiger partial charge in [0.05, 0.1) is 17.5 Å². The normalized spacial score (nSPS) is 19.2. The minimum atomic E-state index is -3.34. The molecule has 8 heteroatoms. The highest BCUT2D eigenvalue weighted by atomic mass is 79.9. The van der Waals surface area contributed by atoms with Gasteiger partial charge in [0.1, 0.15) is 4.60 Å². The van der Waals surface area contributed by atoms with Gasteiger partial charge >= 0.3 is 0 Å². The first-order valence-electron chi connectivity index (χ1n) is 6.07. The van der Waals surface area contributed by atoms with Gasteiger partial charge in [-0.2, -0.15) is 0 Å². The van der Waals surface area contributed by atoms with Gasteiger partial charge in [0.2, 0.25) is 10.0 Å². The number of nitrogens with one attached hydrogen (secondary N) is 1. The van der Waals surface area contributed by atoms with Crippen LogP contribution in [-0.4, -0.2) is 30.2 Å². The molecular weight excluding hydrogens is 366 g/mol. The van der Waals surface area contributed by atoms with E-state index in [1.54, 1.807) is 12.3 Å². The zero-order valence-electron chi connectivity index (χ0n) is 10.8. The Morgan fingerprint density at radius 1 is 1.45 bits per heavy atom. The fraction of sp³-hybridized carbons (Fsp3) is 0.417. The molecule has 5 nitrogen and oxygen atoms in total. The molecular formula is C12H15BrClN3O2S. The Balaban J connectivity index is 0.00000147. The number of pyridine rings is 1. The highest BCUT2D eigenvalue weighted by molar-refractivity contribution is 9.10. The molecule has 20 heavy (non-hydrogen) atoms. The summed E-state index contributed by atoms with van der Waals surface area (Å²) in [4.78, 5) is 4.16. The summed E-state index contributed by atoms with van der Waals surface area (Å²) >= 11 is 3.29. The van der Waals surface area contributed by atoms with Crippen molar-refractivity contribution in [1.82, 2.24) is 14.3 Å².